The van der Waals surface area contributed by atoms with E-state index in [0.29, 0.717) is 28.5 Å². The molecular weight excluding hydrogens is 428 g/mol. The van der Waals surface area contributed by atoms with E-state index in [1.54, 1.807) is 19.9 Å². The molecule has 0 saturated heterocycles. The molecule has 3 rings (SSSR count). The van der Waals surface area contributed by atoms with Gasteiger partial charge in [-0.25, -0.2) is 9.59 Å². The molecule has 0 aliphatic rings. The van der Waals surface area contributed by atoms with E-state index in [0.717, 1.165) is 16.7 Å². The van der Waals surface area contributed by atoms with Crippen LogP contribution in [0.25, 0.3) is 21.9 Å². The number of aryl methyl sites for hydroxylation is 3. The monoisotopic (exact) mass is 456 g/mol. The first-order valence-corrected chi connectivity index (χ1v) is 10.8. The van der Waals surface area contributed by atoms with Gasteiger partial charge in [0.15, 0.2) is 0 Å². The van der Waals surface area contributed by atoms with Gasteiger partial charge >= 0.3 is 11.6 Å². The second-order valence-corrected chi connectivity index (χ2v) is 8.34. The molecule has 9 nitrogen and oxygen atoms in total. The van der Waals surface area contributed by atoms with Crippen molar-refractivity contribution in [2.75, 3.05) is 6.54 Å². The zero-order valence-electron chi connectivity index (χ0n) is 19.3. The summed E-state index contributed by atoms with van der Waals surface area (Å²) >= 11 is 0. The topological polar surface area (TPSA) is 139 Å². The van der Waals surface area contributed by atoms with Gasteiger partial charge in [0, 0.05) is 16.8 Å². The predicted molar refractivity (Wildman–Crippen MR) is 122 cm³/mol. The van der Waals surface area contributed by atoms with Crippen LogP contribution in [0.5, 0.6) is 0 Å². The number of fused-ring (bicyclic) bond motifs is 2. The first kappa shape index (κ1) is 24.0. The van der Waals surface area contributed by atoms with Crippen LogP contribution in [0.15, 0.2) is 25.8 Å². The maximum atomic E-state index is 12.5. The van der Waals surface area contributed by atoms with E-state index in [1.807, 2.05) is 26.8 Å². The van der Waals surface area contributed by atoms with Crippen LogP contribution < -0.4 is 16.3 Å². The Kier molecular flexibility index (Phi) is 6.90. The molecule has 9 heteroatoms. The highest BCUT2D eigenvalue weighted by atomic mass is 16.4. The van der Waals surface area contributed by atoms with Crippen molar-refractivity contribution in [3.8, 4) is 0 Å². The van der Waals surface area contributed by atoms with E-state index in [4.69, 9.17) is 8.83 Å². The van der Waals surface area contributed by atoms with Crippen LogP contribution in [0.3, 0.4) is 0 Å². The number of carbonyl (C=O) groups is 3. The minimum atomic E-state index is -1.13. The van der Waals surface area contributed by atoms with E-state index < -0.39 is 36.0 Å². The van der Waals surface area contributed by atoms with Crippen LogP contribution in [0, 0.1) is 26.7 Å². The largest absolute Gasteiger partial charge is 0.480 e. The fourth-order valence-corrected chi connectivity index (χ4v) is 3.74. The van der Waals surface area contributed by atoms with E-state index in [9.17, 15) is 24.3 Å². The Morgan fingerprint density at radius 1 is 1.00 bits per heavy atom. The zero-order valence-corrected chi connectivity index (χ0v) is 19.3. The summed E-state index contributed by atoms with van der Waals surface area (Å²) in [4.78, 5) is 48.4. The Bertz CT molecular complexity index is 1300. The van der Waals surface area contributed by atoms with Crippen molar-refractivity contribution in [2.45, 2.75) is 53.5 Å². The van der Waals surface area contributed by atoms with Crippen molar-refractivity contribution in [1.82, 2.24) is 10.6 Å². The number of nitrogens with one attached hydrogen (secondary N) is 2. The summed E-state index contributed by atoms with van der Waals surface area (Å²) < 4.78 is 11.1. The molecule has 0 aliphatic carbocycles. The van der Waals surface area contributed by atoms with Crippen LogP contribution in [0.2, 0.25) is 0 Å². The average molecular weight is 456 g/mol. The maximum Gasteiger partial charge on any atom is 0.340 e. The fourth-order valence-electron chi connectivity index (χ4n) is 3.74. The molecule has 0 unspecified atom stereocenters. The Hall–Kier alpha value is -3.62. The summed E-state index contributed by atoms with van der Waals surface area (Å²) in [7, 11) is 0. The lowest BCUT2D eigenvalue weighted by Crippen LogP contribution is -2.48. The Morgan fingerprint density at radius 3 is 2.27 bits per heavy atom. The standard InChI is InChI=1S/C24H28N2O7/c1-6-11(2)22(23(29)30)26-21(28)10-25-20(27)8-17-13(4)16-7-15-12(3)14(5)32-18(15)9-19(16)33-24(17)31/h7,9,11,22H,6,8,10H2,1-5H3,(H,25,27)(H,26,28)(H,29,30)/t11-,22+/m0/s1. The summed E-state index contributed by atoms with van der Waals surface area (Å²) in [5.41, 5.74) is 2.14. The Balaban J connectivity index is 1.76. The smallest absolute Gasteiger partial charge is 0.340 e. The fraction of sp³-hybridized carbons (Fsp3) is 0.417. The second kappa shape index (κ2) is 9.48. The van der Waals surface area contributed by atoms with Gasteiger partial charge in [0.25, 0.3) is 0 Å². The van der Waals surface area contributed by atoms with Gasteiger partial charge in [-0.2, -0.15) is 0 Å². The predicted octanol–water partition coefficient (Wildman–Crippen LogP) is 2.74. The molecule has 0 aliphatic heterocycles. The lowest BCUT2D eigenvalue weighted by molar-refractivity contribution is -0.143. The second-order valence-electron chi connectivity index (χ2n) is 8.34. The molecule has 2 amide bonds. The molecule has 33 heavy (non-hydrogen) atoms. The summed E-state index contributed by atoms with van der Waals surface area (Å²) in [6.07, 6.45) is 0.303. The van der Waals surface area contributed by atoms with Gasteiger partial charge < -0.3 is 24.6 Å². The van der Waals surface area contributed by atoms with Crippen molar-refractivity contribution >= 4 is 39.7 Å². The number of aliphatic carboxylic acids is 1. The van der Waals surface area contributed by atoms with Gasteiger partial charge in [-0.05, 0) is 43.9 Å². The SMILES string of the molecule is CC[C@H](C)[C@@H](NC(=O)CNC(=O)Cc1c(C)c2cc3c(C)c(C)oc3cc2oc1=O)C(=O)O. The lowest BCUT2D eigenvalue weighted by Gasteiger charge is -2.20. The third-order valence-corrected chi connectivity index (χ3v) is 6.16. The van der Waals surface area contributed by atoms with E-state index in [1.165, 1.54) is 0 Å². The minimum Gasteiger partial charge on any atom is -0.480 e. The van der Waals surface area contributed by atoms with Crippen LogP contribution in [0.4, 0.5) is 0 Å². The van der Waals surface area contributed by atoms with Gasteiger partial charge in [-0.1, -0.05) is 20.3 Å². The first-order chi connectivity index (χ1) is 15.5. The number of carboxylic acids is 1. The summed E-state index contributed by atoms with van der Waals surface area (Å²) in [6.45, 7) is 8.69. The third kappa shape index (κ3) is 4.92. The van der Waals surface area contributed by atoms with Gasteiger partial charge in [0.1, 0.15) is 23.0 Å². The highest BCUT2D eigenvalue weighted by Crippen LogP contribution is 2.30. The van der Waals surface area contributed by atoms with Crippen molar-refractivity contribution in [3.63, 3.8) is 0 Å². The van der Waals surface area contributed by atoms with Crippen molar-refractivity contribution in [2.24, 2.45) is 5.92 Å². The molecule has 1 aromatic carbocycles. The minimum absolute atomic E-state index is 0.195. The molecule has 2 atom stereocenters. The highest BCUT2D eigenvalue weighted by Gasteiger charge is 2.25. The van der Waals surface area contributed by atoms with Gasteiger partial charge in [0.05, 0.1) is 18.5 Å². The van der Waals surface area contributed by atoms with Crippen LogP contribution in [-0.4, -0.2) is 35.5 Å². The van der Waals surface area contributed by atoms with Crippen molar-refractivity contribution < 1.29 is 28.3 Å². The number of hydrogen-bond donors (Lipinski definition) is 3. The molecule has 2 aromatic heterocycles. The highest BCUT2D eigenvalue weighted by molar-refractivity contribution is 5.97. The number of carboxylic acid groups (broad SMARTS) is 1. The van der Waals surface area contributed by atoms with Crippen molar-refractivity contribution in [3.05, 3.63) is 45.0 Å². The molecule has 0 spiro atoms. The van der Waals surface area contributed by atoms with Crippen LogP contribution in [-0.2, 0) is 20.8 Å². The molecule has 0 saturated carbocycles. The average Bonchev–Trinajstić information content (AvgIpc) is 3.04. The lowest BCUT2D eigenvalue weighted by atomic mass is 9.99. The molecular formula is C24H28N2O7. The quantitative estimate of drug-likeness (QED) is 0.443. The Labute approximate surface area is 190 Å². The van der Waals surface area contributed by atoms with Gasteiger partial charge in [-0.3, -0.25) is 9.59 Å². The molecule has 2 heterocycles. The van der Waals surface area contributed by atoms with E-state index in [-0.39, 0.29) is 17.9 Å². The number of hydrogen-bond acceptors (Lipinski definition) is 6. The van der Waals surface area contributed by atoms with Crippen LogP contribution in [0.1, 0.15) is 42.7 Å². The number of carbonyl (C=O) groups excluding carboxylic acids is 2. The summed E-state index contributed by atoms with van der Waals surface area (Å²) in [5.74, 6) is -1.79. The molecule has 3 aromatic rings. The zero-order chi connectivity index (χ0) is 24.4. The van der Waals surface area contributed by atoms with E-state index >= 15 is 0 Å². The molecule has 176 valence electrons. The first-order valence-electron chi connectivity index (χ1n) is 10.8. The molecule has 0 bridgehead atoms. The van der Waals surface area contributed by atoms with Crippen molar-refractivity contribution in [1.29, 1.82) is 0 Å². The number of rotatable bonds is 8. The number of furan rings is 1. The van der Waals surface area contributed by atoms with E-state index in [2.05, 4.69) is 10.6 Å². The molecule has 0 radical (unpaired) electrons. The summed E-state index contributed by atoms with van der Waals surface area (Å²) in [5, 5.41) is 15.7. The van der Waals surface area contributed by atoms with Gasteiger partial charge in [0.2, 0.25) is 11.8 Å². The summed E-state index contributed by atoms with van der Waals surface area (Å²) in [6, 6.07) is 2.51. The number of benzene rings is 1. The Morgan fingerprint density at radius 2 is 1.64 bits per heavy atom. The van der Waals surface area contributed by atoms with Crippen LogP contribution >= 0.6 is 0 Å². The molecule has 3 N–H and O–H groups in total. The maximum absolute atomic E-state index is 12.5. The third-order valence-electron chi connectivity index (χ3n) is 6.16. The molecule has 0 fully saturated rings. The van der Waals surface area contributed by atoms with Gasteiger partial charge in [-0.15, -0.1) is 0 Å². The number of amides is 2. The normalized spacial score (nSPS) is 13.1.